The lowest BCUT2D eigenvalue weighted by Gasteiger charge is -2.15. The third-order valence-corrected chi connectivity index (χ3v) is 5.05. The zero-order valence-electron chi connectivity index (χ0n) is 18.2. The third-order valence-electron chi connectivity index (χ3n) is 5.05. The summed E-state index contributed by atoms with van der Waals surface area (Å²) >= 11 is 0. The Balaban J connectivity index is 2.32. The Kier molecular flexibility index (Phi) is 14.9. The fraction of sp³-hybridized carbons (Fsp3) is 0.750. The van der Waals surface area contributed by atoms with Crippen molar-refractivity contribution in [1.82, 2.24) is 5.32 Å². The van der Waals surface area contributed by atoms with E-state index in [1.54, 1.807) is 7.11 Å². The molecule has 0 amide bonds. The molecule has 1 rings (SSSR count). The molecule has 156 valence electrons. The largest absolute Gasteiger partial charge is 0.493 e. The molecular formula is C24H43NO2. The first-order valence-corrected chi connectivity index (χ1v) is 11.3. The predicted molar refractivity (Wildman–Crippen MR) is 117 cm³/mol. The summed E-state index contributed by atoms with van der Waals surface area (Å²) in [7, 11) is 1.72. The Morgan fingerprint density at radius 1 is 0.778 bits per heavy atom. The molecule has 0 bridgehead atoms. The number of nitrogens with one attached hydrogen (secondary N) is 1. The number of hydrogen-bond acceptors (Lipinski definition) is 3. The first-order chi connectivity index (χ1) is 13.3. The van der Waals surface area contributed by atoms with Crippen LogP contribution in [0.4, 0.5) is 0 Å². The maximum absolute atomic E-state index is 6.12. The molecule has 27 heavy (non-hydrogen) atoms. The van der Waals surface area contributed by atoms with Gasteiger partial charge in [-0.2, -0.15) is 0 Å². The van der Waals surface area contributed by atoms with Gasteiger partial charge < -0.3 is 14.8 Å². The first kappa shape index (κ1) is 23.8. The van der Waals surface area contributed by atoms with E-state index in [0.717, 1.165) is 37.6 Å². The minimum absolute atomic E-state index is 0.775. The van der Waals surface area contributed by atoms with Crippen molar-refractivity contribution >= 4 is 0 Å². The summed E-state index contributed by atoms with van der Waals surface area (Å²) < 4.78 is 11.6. The molecule has 0 unspecified atom stereocenters. The molecule has 1 N–H and O–H groups in total. The molecule has 0 aliphatic heterocycles. The zero-order valence-corrected chi connectivity index (χ0v) is 18.2. The van der Waals surface area contributed by atoms with Gasteiger partial charge in [-0.3, -0.25) is 0 Å². The smallest absolute Gasteiger partial charge is 0.165 e. The highest BCUT2D eigenvalue weighted by Gasteiger charge is 2.10. The summed E-state index contributed by atoms with van der Waals surface area (Å²) in [4.78, 5) is 0. The molecule has 3 heteroatoms. The van der Waals surface area contributed by atoms with Crippen LogP contribution in [0.25, 0.3) is 0 Å². The van der Waals surface area contributed by atoms with Gasteiger partial charge in [-0.15, -0.1) is 0 Å². The molecule has 0 fully saturated rings. The van der Waals surface area contributed by atoms with Crippen LogP contribution in [0.15, 0.2) is 18.2 Å². The Morgan fingerprint density at radius 2 is 1.41 bits per heavy atom. The lowest BCUT2D eigenvalue weighted by Crippen LogP contribution is -2.16. The van der Waals surface area contributed by atoms with Gasteiger partial charge in [0.05, 0.1) is 13.7 Å². The van der Waals surface area contributed by atoms with Crippen molar-refractivity contribution in [2.45, 2.75) is 97.4 Å². The molecule has 3 nitrogen and oxygen atoms in total. The number of hydrogen-bond donors (Lipinski definition) is 1. The topological polar surface area (TPSA) is 30.5 Å². The van der Waals surface area contributed by atoms with Crippen LogP contribution in [-0.4, -0.2) is 20.3 Å². The lowest BCUT2D eigenvalue weighted by atomic mass is 10.1. The summed E-state index contributed by atoms with van der Waals surface area (Å²) in [5.41, 5.74) is 1.20. The van der Waals surface area contributed by atoms with E-state index in [1.807, 2.05) is 6.07 Å². The van der Waals surface area contributed by atoms with E-state index >= 15 is 0 Å². The van der Waals surface area contributed by atoms with Gasteiger partial charge in [0.2, 0.25) is 0 Å². The molecule has 0 saturated carbocycles. The average Bonchev–Trinajstić information content (AvgIpc) is 2.69. The van der Waals surface area contributed by atoms with Crippen LogP contribution in [0.3, 0.4) is 0 Å². The molecular weight excluding hydrogens is 334 g/mol. The highest BCUT2D eigenvalue weighted by atomic mass is 16.5. The minimum atomic E-state index is 0.775. The maximum atomic E-state index is 6.12. The zero-order chi connectivity index (χ0) is 19.6. The van der Waals surface area contributed by atoms with Crippen molar-refractivity contribution in [1.29, 1.82) is 0 Å². The molecule has 0 saturated heterocycles. The third kappa shape index (κ3) is 11.3. The van der Waals surface area contributed by atoms with Crippen LogP contribution < -0.4 is 14.8 Å². The highest BCUT2D eigenvalue weighted by Crippen LogP contribution is 2.31. The molecule has 0 heterocycles. The number of ether oxygens (including phenoxy) is 2. The van der Waals surface area contributed by atoms with Gasteiger partial charge in [-0.1, -0.05) is 90.2 Å². The molecule has 0 atom stereocenters. The van der Waals surface area contributed by atoms with Gasteiger partial charge in [0, 0.05) is 12.1 Å². The van der Waals surface area contributed by atoms with Crippen molar-refractivity contribution in [2.75, 3.05) is 20.3 Å². The van der Waals surface area contributed by atoms with Crippen molar-refractivity contribution in [3.05, 3.63) is 23.8 Å². The van der Waals surface area contributed by atoms with Gasteiger partial charge in [-0.05, 0) is 25.5 Å². The summed E-state index contributed by atoms with van der Waals surface area (Å²) in [6.45, 7) is 7.21. The lowest BCUT2D eigenvalue weighted by molar-refractivity contribution is 0.281. The molecule has 0 spiro atoms. The van der Waals surface area contributed by atoms with E-state index < -0.39 is 0 Å². The van der Waals surface area contributed by atoms with Crippen LogP contribution in [0.1, 0.15) is 96.5 Å². The monoisotopic (exact) mass is 377 g/mol. The normalized spacial score (nSPS) is 10.9. The quantitative estimate of drug-likeness (QED) is 0.283. The van der Waals surface area contributed by atoms with Gasteiger partial charge in [0.15, 0.2) is 11.5 Å². The minimum Gasteiger partial charge on any atom is -0.493 e. The number of benzene rings is 1. The molecule has 0 radical (unpaired) electrons. The van der Waals surface area contributed by atoms with E-state index in [4.69, 9.17) is 9.47 Å². The molecule has 1 aromatic rings. The van der Waals surface area contributed by atoms with Crippen LogP contribution >= 0.6 is 0 Å². The number of rotatable bonds is 18. The van der Waals surface area contributed by atoms with Crippen molar-refractivity contribution in [3.8, 4) is 11.5 Å². The summed E-state index contributed by atoms with van der Waals surface area (Å²) in [6.07, 6.45) is 15.7. The average molecular weight is 378 g/mol. The summed E-state index contributed by atoms with van der Waals surface area (Å²) in [5.74, 6) is 1.77. The molecule has 0 aliphatic rings. The fourth-order valence-electron chi connectivity index (χ4n) is 3.34. The Hall–Kier alpha value is -1.22. The van der Waals surface area contributed by atoms with Gasteiger partial charge in [-0.25, -0.2) is 0 Å². The molecule has 0 aromatic heterocycles. The van der Waals surface area contributed by atoms with E-state index in [2.05, 4.69) is 31.3 Å². The van der Waals surface area contributed by atoms with Crippen molar-refractivity contribution in [3.63, 3.8) is 0 Å². The Bertz CT molecular complexity index is 462. The summed E-state index contributed by atoms with van der Waals surface area (Å²) in [5, 5.41) is 3.57. The molecule has 0 aliphatic carbocycles. The second-order valence-electron chi connectivity index (χ2n) is 7.51. The van der Waals surface area contributed by atoms with Gasteiger partial charge >= 0.3 is 0 Å². The Labute approximate surface area is 168 Å². The van der Waals surface area contributed by atoms with Crippen LogP contribution in [0, 0.1) is 0 Å². The van der Waals surface area contributed by atoms with E-state index in [9.17, 15) is 0 Å². The standard InChI is InChI=1S/C24H43NO2/c1-4-6-8-10-12-14-19-25-21-22-17-16-18-23(26-3)24(22)27-20-15-13-11-9-7-5-2/h16-18,25H,4-15,19-21H2,1-3H3. The second-order valence-corrected chi connectivity index (χ2v) is 7.51. The van der Waals surface area contributed by atoms with Crippen molar-refractivity contribution < 1.29 is 9.47 Å². The van der Waals surface area contributed by atoms with Crippen LogP contribution in [0.5, 0.6) is 11.5 Å². The van der Waals surface area contributed by atoms with Gasteiger partial charge in [0.1, 0.15) is 0 Å². The second kappa shape index (κ2) is 16.9. The fourth-order valence-corrected chi connectivity index (χ4v) is 3.34. The van der Waals surface area contributed by atoms with E-state index in [0.29, 0.717) is 0 Å². The van der Waals surface area contributed by atoms with Crippen LogP contribution in [0.2, 0.25) is 0 Å². The SMILES string of the molecule is CCCCCCCCNCc1cccc(OC)c1OCCCCCCCC. The first-order valence-electron chi connectivity index (χ1n) is 11.3. The van der Waals surface area contributed by atoms with E-state index in [1.165, 1.54) is 76.2 Å². The summed E-state index contributed by atoms with van der Waals surface area (Å²) in [6, 6.07) is 6.19. The highest BCUT2D eigenvalue weighted by molar-refractivity contribution is 5.46. The molecule has 1 aromatic carbocycles. The van der Waals surface area contributed by atoms with E-state index in [-0.39, 0.29) is 0 Å². The van der Waals surface area contributed by atoms with Crippen molar-refractivity contribution in [2.24, 2.45) is 0 Å². The number of unbranched alkanes of at least 4 members (excludes halogenated alkanes) is 10. The number of methoxy groups -OCH3 is 1. The number of para-hydroxylation sites is 1. The Morgan fingerprint density at radius 3 is 2.07 bits per heavy atom. The van der Waals surface area contributed by atoms with Gasteiger partial charge in [0.25, 0.3) is 0 Å². The van der Waals surface area contributed by atoms with Crippen LogP contribution in [-0.2, 0) is 6.54 Å². The predicted octanol–water partition coefficient (Wildman–Crippen LogP) is 6.88. The maximum Gasteiger partial charge on any atom is 0.165 e.